The van der Waals surface area contributed by atoms with Gasteiger partial charge in [0.15, 0.2) is 0 Å². The molecule has 2 aliphatic rings. The molecule has 2 rings (SSSR count). The first-order valence-corrected chi connectivity index (χ1v) is 6.60. The van der Waals surface area contributed by atoms with Gasteiger partial charge in [0, 0.05) is 18.1 Å². The highest BCUT2D eigenvalue weighted by Crippen LogP contribution is 2.36. The summed E-state index contributed by atoms with van der Waals surface area (Å²) >= 11 is 0. The summed E-state index contributed by atoms with van der Waals surface area (Å²) in [5, 5.41) is 0. The molecule has 0 radical (unpaired) electrons. The van der Waals surface area contributed by atoms with Gasteiger partial charge in [-0.1, -0.05) is 26.2 Å². The highest BCUT2D eigenvalue weighted by atomic mass is 15.2. The van der Waals surface area contributed by atoms with E-state index >= 15 is 0 Å². The molecule has 3 atom stereocenters. The molecule has 0 amide bonds. The third-order valence-corrected chi connectivity index (χ3v) is 4.24. The zero-order valence-corrected chi connectivity index (χ0v) is 9.84. The maximum atomic E-state index is 2.86. The molecule has 2 fully saturated rings. The van der Waals surface area contributed by atoms with E-state index < -0.39 is 0 Å². The first-order valence-electron chi connectivity index (χ1n) is 6.60. The van der Waals surface area contributed by atoms with Crippen LogP contribution >= 0.6 is 0 Å². The Morgan fingerprint density at radius 3 is 2.79 bits per heavy atom. The smallest absolute Gasteiger partial charge is 0.0102 e. The zero-order valence-electron chi connectivity index (χ0n) is 9.84. The highest BCUT2D eigenvalue weighted by molar-refractivity contribution is 4.93. The van der Waals surface area contributed by atoms with Crippen LogP contribution in [0.25, 0.3) is 0 Å². The predicted octanol–water partition coefficient (Wildman–Crippen LogP) is 3.58. The summed E-state index contributed by atoms with van der Waals surface area (Å²) in [6, 6.07) is 2.77. The Bertz CT molecular complexity index is 178. The average Bonchev–Trinajstić information content (AvgIpc) is 2.59. The molecule has 0 unspecified atom stereocenters. The molecule has 0 N–H and O–H groups in total. The van der Waals surface area contributed by atoms with Crippen LogP contribution in [0.2, 0.25) is 0 Å². The maximum absolute atomic E-state index is 2.86. The molecule has 0 bridgehead atoms. The van der Waals surface area contributed by atoms with E-state index in [0.717, 1.165) is 18.1 Å². The van der Waals surface area contributed by atoms with Crippen LogP contribution in [-0.4, -0.2) is 23.0 Å². The fourth-order valence-electron chi connectivity index (χ4n) is 3.53. The average molecular weight is 195 g/mol. The van der Waals surface area contributed by atoms with Gasteiger partial charge in [0.2, 0.25) is 0 Å². The van der Waals surface area contributed by atoms with Gasteiger partial charge in [-0.15, -0.1) is 0 Å². The number of fused-ring (bicyclic) bond motifs is 1. The van der Waals surface area contributed by atoms with Crippen molar-refractivity contribution in [2.75, 3.05) is 0 Å². The third-order valence-electron chi connectivity index (χ3n) is 4.24. The molecule has 2 heterocycles. The Morgan fingerprint density at radius 1 is 1.14 bits per heavy atom. The van der Waals surface area contributed by atoms with Crippen molar-refractivity contribution in [1.82, 2.24) is 4.90 Å². The summed E-state index contributed by atoms with van der Waals surface area (Å²) in [7, 11) is 0. The van der Waals surface area contributed by atoms with Crippen molar-refractivity contribution in [1.29, 1.82) is 0 Å². The largest absolute Gasteiger partial charge is 0.295 e. The lowest BCUT2D eigenvalue weighted by molar-refractivity contribution is 0.0875. The molecule has 0 saturated carbocycles. The molecule has 1 nitrogen and oxygen atoms in total. The Kier molecular flexibility index (Phi) is 3.48. The molecule has 0 aliphatic carbocycles. The van der Waals surface area contributed by atoms with Crippen molar-refractivity contribution in [2.24, 2.45) is 0 Å². The Morgan fingerprint density at radius 2 is 2.00 bits per heavy atom. The van der Waals surface area contributed by atoms with Gasteiger partial charge < -0.3 is 0 Å². The van der Waals surface area contributed by atoms with Crippen molar-refractivity contribution in [3.05, 3.63) is 0 Å². The monoisotopic (exact) mass is 195 g/mol. The minimum Gasteiger partial charge on any atom is -0.295 e. The van der Waals surface area contributed by atoms with Crippen LogP contribution in [0.4, 0.5) is 0 Å². The predicted molar refractivity (Wildman–Crippen MR) is 61.5 cm³/mol. The molecule has 1 heteroatoms. The Labute approximate surface area is 88.9 Å². The van der Waals surface area contributed by atoms with Crippen LogP contribution in [0, 0.1) is 0 Å². The van der Waals surface area contributed by atoms with Gasteiger partial charge in [-0.3, -0.25) is 4.90 Å². The lowest BCUT2D eigenvalue weighted by atomic mass is 9.97. The summed E-state index contributed by atoms with van der Waals surface area (Å²) in [5.74, 6) is 0. The molecule has 2 saturated heterocycles. The molecular formula is C13H25N. The first kappa shape index (κ1) is 10.5. The second kappa shape index (κ2) is 4.65. The van der Waals surface area contributed by atoms with Crippen LogP contribution in [0.5, 0.6) is 0 Å². The van der Waals surface area contributed by atoms with E-state index in [1.54, 1.807) is 0 Å². The SMILES string of the molecule is CCCC[C@@H]1CC[C@H]2CCC[C@H](C)N12. The van der Waals surface area contributed by atoms with Gasteiger partial charge in [-0.25, -0.2) is 0 Å². The van der Waals surface area contributed by atoms with E-state index in [1.165, 1.54) is 51.4 Å². The van der Waals surface area contributed by atoms with E-state index in [-0.39, 0.29) is 0 Å². The minimum atomic E-state index is 0.873. The number of nitrogens with zero attached hydrogens (tertiary/aromatic N) is 1. The summed E-state index contributed by atoms with van der Waals surface area (Å²) in [4.78, 5) is 2.86. The van der Waals surface area contributed by atoms with E-state index in [4.69, 9.17) is 0 Å². The van der Waals surface area contributed by atoms with E-state index in [2.05, 4.69) is 18.7 Å². The fourth-order valence-corrected chi connectivity index (χ4v) is 3.53. The number of hydrogen-bond donors (Lipinski definition) is 0. The van der Waals surface area contributed by atoms with Gasteiger partial charge in [0.25, 0.3) is 0 Å². The molecule has 0 aromatic carbocycles. The Balaban J connectivity index is 1.92. The number of hydrogen-bond acceptors (Lipinski definition) is 1. The summed E-state index contributed by atoms with van der Waals surface area (Å²) < 4.78 is 0. The molecule has 0 aromatic heterocycles. The van der Waals surface area contributed by atoms with Gasteiger partial charge in [0.1, 0.15) is 0 Å². The maximum Gasteiger partial charge on any atom is 0.0102 e. The fraction of sp³-hybridized carbons (Fsp3) is 1.00. The van der Waals surface area contributed by atoms with Crippen LogP contribution in [0.3, 0.4) is 0 Å². The minimum absolute atomic E-state index is 0.873. The first-order chi connectivity index (χ1) is 6.83. The van der Waals surface area contributed by atoms with Crippen molar-refractivity contribution in [3.63, 3.8) is 0 Å². The third kappa shape index (κ3) is 1.98. The molecule has 0 aromatic rings. The standard InChI is InChI=1S/C13H25N/c1-3-4-7-12-9-10-13-8-5-6-11(2)14(12)13/h11-13H,3-10H2,1-2H3/t11-,12+,13+/m0/s1. The van der Waals surface area contributed by atoms with Gasteiger partial charge >= 0.3 is 0 Å². The number of rotatable bonds is 3. The molecule has 82 valence electrons. The van der Waals surface area contributed by atoms with E-state index in [9.17, 15) is 0 Å². The second-order valence-electron chi connectivity index (χ2n) is 5.25. The number of unbranched alkanes of at least 4 members (excludes halogenated alkanes) is 1. The summed E-state index contributed by atoms with van der Waals surface area (Å²) in [6.45, 7) is 4.75. The Hall–Kier alpha value is -0.0400. The van der Waals surface area contributed by atoms with Crippen molar-refractivity contribution in [2.45, 2.75) is 83.3 Å². The normalized spacial score (nSPS) is 38.6. The van der Waals surface area contributed by atoms with Gasteiger partial charge in [-0.2, -0.15) is 0 Å². The second-order valence-corrected chi connectivity index (χ2v) is 5.25. The van der Waals surface area contributed by atoms with Gasteiger partial charge in [-0.05, 0) is 39.0 Å². The molecular weight excluding hydrogens is 170 g/mol. The van der Waals surface area contributed by atoms with Gasteiger partial charge in [0.05, 0.1) is 0 Å². The summed E-state index contributed by atoms with van der Waals surface area (Å²) in [5.41, 5.74) is 0. The molecule has 14 heavy (non-hydrogen) atoms. The quantitative estimate of drug-likeness (QED) is 0.665. The van der Waals surface area contributed by atoms with Crippen molar-refractivity contribution in [3.8, 4) is 0 Å². The highest BCUT2D eigenvalue weighted by Gasteiger charge is 2.37. The molecule has 0 spiro atoms. The van der Waals surface area contributed by atoms with Crippen molar-refractivity contribution < 1.29 is 0 Å². The number of piperidine rings is 1. The lowest BCUT2D eigenvalue weighted by Gasteiger charge is -2.39. The van der Waals surface area contributed by atoms with Crippen molar-refractivity contribution >= 4 is 0 Å². The summed E-state index contributed by atoms with van der Waals surface area (Å²) in [6.07, 6.45) is 11.6. The topological polar surface area (TPSA) is 3.24 Å². The zero-order chi connectivity index (χ0) is 9.97. The van der Waals surface area contributed by atoms with Crippen LogP contribution in [0.1, 0.15) is 65.2 Å². The van der Waals surface area contributed by atoms with Crippen LogP contribution in [-0.2, 0) is 0 Å². The molecule has 2 aliphatic heterocycles. The van der Waals surface area contributed by atoms with E-state index in [1.807, 2.05) is 0 Å². The van der Waals surface area contributed by atoms with E-state index in [0.29, 0.717) is 0 Å². The van der Waals surface area contributed by atoms with Crippen LogP contribution < -0.4 is 0 Å². The van der Waals surface area contributed by atoms with Crippen LogP contribution in [0.15, 0.2) is 0 Å². The lowest BCUT2D eigenvalue weighted by Crippen LogP contribution is -2.45.